The summed E-state index contributed by atoms with van der Waals surface area (Å²) in [6, 6.07) is 5.04. The van der Waals surface area contributed by atoms with E-state index in [0.29, 0.717) is 12.1 Å². The van der Waals surface area contributed by atoms with Crippen LogP contribution in [-0.2, 0) is 16.4 Å². The summed E-state index contributed by atoms with van der Waals surface area (Å²) in [5.41, 5.74) is -2.40. The van der Waals surface area contributed by atoms with Gasteiger partial charge in [0.2, 0.25) is 0 Å². The Bertz CT molecular complexity index is 1080. The van der Waals surface area contributed by atoms with Crippen LogP contribution in [-0.4, -0.2) is 26.3 Å². The first-order valence-corrected chi connectivity index (χ1v) is 9.29. The van der Waals surface area contributed by atoms with Gasteiger partial charge >= 0.3 is 16.4 Å². The molecule has 0 radical (unpaired) electrons. The van der Waals surface area contributed by atoms with Gasteiger partial charge in [0, 0.05) is 19.2 Å². The second-order valence-electron chi connectivity index (χ2n) is 5.32. The van der Waals surface area contributed by atoms with E-state index in [0.717, 1.165) is 31.3 Å². The molecule has 0 heterocycles. The number of nitrogens with one attached hydrogen (secondary N) is 2. The van der Waals surface area contributed by atoms with Crippen LogP contribution in [0.15, 0.2) is 36.4 Å². The number of hydrogen-bond donors (Lipinski definition) is 2. The molecule has 2 aromatic carbocycles. The first-order chi connectivity index (χ1) is 13.3. The maximum Gasteiger partial charge on any atom is 0.416 e. The molecule has 0 saturated carbocycles. The van der Waals surface area contributed by atoms with Gasteiger partial charge < -0.3 is 4.74 Å². The van der Waals surface area contributed by atoms with Gasteiger partial charge in [0.05, 0.1) is 15.5 Å². The molecule has 2 rings (SSSR count). The molecule has 0 atom stereocenters. The number of halogens is 4. The number of nitro groups is 1. The minimum atomic E-state index is -4.63. The summed E-state index contributed by atoms with van der Waals surface area (Å²) in [6.07, 6.45) is -4.63. The van der Waals surface area contributed by atoms with E-state index in [1.165, 1.54) is 0 Å². The third-order valence-electron chi connectivity index (χ3n) is 3.39. The molecule has 0 bridgehead atoms. The summed E-state index contributed by atoms with van der Waals surface area (Å²) in [6.45, 7) is 0. The zero-order valence-corrected chi connectivity index (χ0v) is 15.9. The highest BCUT2D eigenvalue weighted by Gasteiger charge is 2.31. The highest BCUT2D eigenvalue weighted by molar-refractivity contribution is 7.88. The number of alkyl halides is 3. The van der Waals surface area contributed by atoms with Crippen LogP contribution < -0.4 is 14.2 Å². The number of hydrogen-bond acceptors (Lipinski definition) is 6. The van der Waals surface area contributed by atoms with Gasteiger partial charge in [-0.3, -0.25) is 14.9 Å². The van der Waals surface area contributed by atoms with Crippen LogP contribution in [0.5, 0.6) is 11.5 Å². The highest BCUT2D eigenvalue weighted by atomic mass is 35.5. The van der Waals surface area contributed by atoms with Crippen LogP contribution in [0.4, 0.5) is 18.9 Å². The van der Waals surface area contributed by atoms with Gasteiger partial charge in [-0.15, -0.1) is 0 Å². The summed E-state index contributed by atoms with van der Waals surface area (Å²) in [4.78, 5) is 22.3. The van der Waals surface area contributed by atoms with Crippen LogP contribution in [0.25, 0.3) is 0 Å². The maximum absolute atomic E-state index is 12.7. The largest absolute Gasteiger partial charge is 0.456 e. The average Bonchev–Trinajstić information content (AvgIpc) is 2.62. The zero-order chi connectivity index (χ0) is 22.0. The van der Waals surface area contributed by atoms with E-state index in [9.17, 15) is 36.5 Å². The molecule has 0 unspecified atom stereocenters. The lowest BCUT2D eigenvalue weighted by atomic mass is 10.1. The summed E-state index contributed by atoms with van der Waals surface area (Å²) in [7, 11) is -3.24. The predicted molar refractivity (Wildman–Crippen MR) is 95.1 cm³/mol. The predicted octanol–water partition coefficient (Wildman–Crippen LogP) is 3.25. The zero-order valence-electron chi connectivity index (χ0n) is 14.3. The normalized spacial score (nSPS) is 11.8. The second kappa shape index (κ2) is 8.23. The Kier molecular flexibility index (Phi) is 6.35. The molecule has 14 heteroatoms. The van der Waals surface area contributed by atoms with Gasteiger partial charge in [0.15, 0.2) is 0 Å². The van der Waals surface area contributed by atoms with Gasteiger partial charge in [0.1, 0.15) is 17.1 Å². The molecule has 9 nitrogen and oxygen atoms in total. The van der Waals surface area contributed by atoms with Gasteiger partial charge in [0.25, 0.3) is 11.6 Å². The van der Waals surface area contributed by atoms with Crippen LogP contribution >= 0.6 is 11.6 Å². The summed E-state index contributed by atoms with van der Waals surface area (Å²) in [5.74, 6) is -1.75. The molecule has 156 valence electrons. The quantitative estimate of drug-likeness (QED) is 0.510. The number of nitro benzene ring substituents is 1. The first kappa shape index (κ1) is 22.4. The van der Waals surface area contributed by atoms with Crippen molar-refractivity contribution in [2.45, 2.75) is 6.18 Å². The van der Waals surface area contributed by atoms with Gasteiger partial charge in [-0.2, -0.15) is 21.6 Å². The number of nitrogens with zero attached hydrogens (tertiary/aromatic N) is 1. The lowest BCUT2D eigenvalue weighted by Gasteiger charge is -2.12. The molecule has 0 spiro atoms. The molecule has 2 N–H and O–H groups in total. The van der Waals surface area contributed by atoms with Crippen molar-refractivity contribution < 1.29 is 36.0 Å². The lowest BCUT2D eigenvalue weighted by Crippen LogP contribution is -2.38. The van der Waals surface area contributed by atoms with Crippen molar-refractivity contribution in [2.24, 2.45) is 0 Å². The minimum Gasteiger partial charge on any atom is -0.456 e. The summed E-state index contributed by atoms with van der Waals surface area (Å²) < 4.78 is 69.6. The van der Waals surface area contributed by atoms with Gasteiger partial charge in [-0.25, -0.2) is 9.44 Å². The van der Waals surface area contributed by atoms with Crippen molar-refractivity contribution in [1.29, 1.82) is 0 Å². The van der Waals surface area contributed by atoms with Crippen LogP contribution in [0, 0.1) is 10.1 Å². The second-order valence-corrected chi connectivity index (χ2v) is 7.35. The van der Waals surface area contributed by atoms with Crippen molar-refractivity contribution in [3.63, 3.8) is 0 Å². The minimum absolute atomic E-state index is 0.204. The smallest absolute Gasteiger partial charge is 0.416 e. The lowest BCUT2D eigenvalue weighted by molar-refractivity contribution is -0.385. The third-order valence-corrected chi connectivity index (χ3v) is 4.68. The molecule has 0 aliphatic carbocycles. The third kappa shape index (κ3) is 5.56. The van der Waals surface area contributed by atoms with Crippen molar-refractivity contribution in [1.82, 2.24) is 9.44 Å². The number of benzene rings is 2. The molecule has 29 heavy (non-hydrogen) atoms. The van der Waals surface area contributed by atoms with E-state index in [1.807, 2.05) is 0 Å². The molecule has 0 aliphatic rings. The van der Waals surface area contributed by atoms with Crippen LogP contribution in [0.1, 0.15) is 15.9 Å². The van der Waals surface area contributed by atoms with E-state index in [-0.39, 0.29) is 11.5 Å². The Morgan fingerprint density at radius 3 is 2.38 bits per heavy atom. The highest BCUT2D eigenvalue weighted by Crippen LogP contribution is 2.37. The summed E-state index contributed by atoms with van der Waals surface area (Å²) >= 11 is 5.78. The Morgan fingerprint density at radius 1 is 1.21 bits per heavy atom. The van der Waals surface area contributed by atoms with Crippen LogP contribution in [0.2, 0.25) is 5.02 Å². The Labute approximate surface area is 166 Å². The Balaban J connectivity index is 2.41. The molecule has 0 saturated heterocycles. The van der Waals surface area contributed by atoms with E-state index in [1.54, 1.807) is 9.44 Å². The van der Waals surface area contributed by atoms with Crippen molar-refractivity contribution in [3.8, 4) is 11.5 Å². The molecular formula is C15H11ClF3N3O6S. The average molecular weight is 454 g/mol. The molecular weight excluding hydrogens is 443 g/mol. The fourth-order valence-electron chi connectivity index (χ4n) is 2.03. The molecule has 0 fully saturated rings. The van der Waals surface area contributed by atoms with E-state index >= 15 is 0 Å². The molecule has 1 amide bonds. The Hall–Kier alpha value is -2.90. The van der Waals surface area contributed by atoms with Crippen LogP contribution in [0.3, 0.4) is 0 Å². The number of carbonyl (C=O) groups is 1. The van der Waals surface area contributed by atoms with Gasteiger partial charge in [-0.05, 0) is 24.3 Å². The monoisotopic (exact) mass is 453 g/mol. The van der Waals surface area contributed by atoms with E-state index < -0.39 is 49.1 Å². The van der Waals surface area contributed by atoms with Gasteiger partial charge in [-0.1, -0.05) is 11.6 Å². The van der Waals surface area contributed by atoms with Crippen molar-refractivity contribution in [2.75, 3.05) is 7.05 Å². The fraction of sp³-hybridized carbons (Fsp3) is 0.133. The van der Waals surface area contributed by atoms with Crippen molar-refractivity contribution in [3.05, 3.63) is 62.7 Å². The number of ether oxygens (including phenoxy) is 1. The van der Waals surface area contributed by atoms with Crippen molar-refractivity contribution >= 4 is 33.4 Å². The molecule has 0 aromatic heterocycles. The first-order valence-electron chi connectivity index (χ1n) is 7.42. The molecule has 0 aliphatic heterocycles. The SMILES string of the molecule is CNS(=O)(=O)NC(=O)c1cc(Oc2ccc(C(F)(F)F)cc2Cl)ccc1[N+](=O)[O-]. The fourth-order valence-corrected chi connectivity index (χ4v) is 2.71. The number of carbonyl (C=O) groups excluding carboxylic acids is 1. The summed E-state index contributed by atoms with van der Waals surface area (Å²) in [5, 5.41) is 10.7. The molecule has 2 aromatic rings. The number of amides is 1. The van der Waals surface area contributed by atoms with E-state index in [2.05, 4.69) is 0 Å². The topological polar surface area (TPSA) is 128 Å². The Morgan fingerprint density at radius 2 is 1.86 bits per heavy atom. The van der Waals surface area contributed by atoms with E-state index in [4.69, 9.17) is 16.3 Å². The standard InChI is InChI=1S/C15H11ClF3N3O6S/c1-20-29(26,27)21-14(23)10-7-9(3-4-12(10)22(24)25)28-13-5-2-8(6-11(13)16)15(17,18)19/h2-7,20H,1H3,(H,21,23). The number of rotatable bonds is 6. The maximum atomic E-state index is 12.7.